The maximum absolute atomic E-state index is 10.2. The first kappa shape index (κ1) is 22.0. The molecule has 0 bridgehead atoms. The highest BCUT2D eigenvalue weighted by molar-refractivity contribution is 5.14. The van der Waals surface area contributed by atoms with E-state index >= 15 is 0 Å². The Balaban J connectivity index is 1.46. The van der Waals surface area contributed by atoms with Crippen LogP contribution in [0.4, 0.5) is 0 Å². The van der Waals surface area contributed by atoms with Crippen LogP contribution in [0.3, 0.4) is 0 Å². The van der Waals surface area contributed by atoms with Crippen LogP contribution in [0.15, 0.2) is 40.9 Å². The number of aliphatic hydroxyl groups excluding tert-OH is 1. The standard InChI is InChI=1S/C23H35N3O3/c1-17(2)13-24-14-23-22(27)10-9-20(28-23)11-19-12-21(29-25-19)16-26(3)15-18-7-5-4-6-8-18/h4-8,12,17,20,22-24,27H,9-11,13-16H2,1-3H3/t20-,22-,23+/m0/s1. The molecule has 0 aliphatic carbocycles. The van der Waals surface area contributed by atoms with Crippen molar-refractivity contribution >= 4 is 0 Å². The molecule has 160 valence electrons. The number of aliphatic hydroxyl groups is 1. The fourth-order valence-corrected chi connectivity index (χ4v) is 3.77. The average Bonchev–Trinajstić information content (AvgIpc) is 3.11. The monoisotopic (exact) mass is 401 g/mol. The van der Waals surface area contributed by atoms with E-state index in [1.54, 1.807) is 0 Å². The molecule has 29 heavy (non-hydrogen) atoms. The van der Waals surface area contributed by atoms with E-state index in [1.807, 2.05) is 12.1 Å². The van der Waals surface area contributed by atoms with Crippen molar-refractivity contribution in [3.05, 3.63) is 53.4 Å². The predicted molar refractivity (Wildman–Crippen MR) is 113 cm³/mol. The molecule has 0 saturated carbocycles. The molecule has 0 radical (unpaired) electrons. The third-order valence-electron chi connectivity index (χ3n) is 5.24. The summed E-state index contributed by atoms with van der Waals surface area (Å²) in [5, 5.41) is 17.9. The van der Waals surface area contributed by atoms with Gasteiger partial charge in [0, 0.05) is 25.6 Å². The van der Waals surface area contributed by atoms with E-state index in [0.717, 1.165) is 43.8 Å². The summed E-state index contributed by atoms with van der Waals surface area (Å²) in [6, 6.07) is 12.4. The summed E-state index contributed by atoms with van der Waals surface area (Å²) < 4.78 is 11.7. The Bertz CT molecular complexity index is 719. The van der Waals surface area contributed by atoms with Crippen LogP contribution in [-0.4, -0.2) is 53.6 Å². The van der Waals surface area contributed by atoms with Gasteiger partial charge < -0.3 is 19.7 Å². The van der Waals surface area contributed by atoms with Crippen molar-refractivity contribution in [3.8, 4) is 0 Å². The van der Waals surface area contributed by atoms with Gasteiger partial charge in [-0.2, -0.15) is 0 Å². The van der Waals surface area contributed by atoms with Gasteiger partial charge in [0.05, 0.1) is 30.6 Å². The Morgan fingerprint density at radius 1 is 1.21 bits per heavy atom. The zero-order chi connectivity index (χ0) is 20.6. The molecule has 2 aromatic rings. The van der Waals surface area contributed by atoms with Gasteiger partial charge in [-0.1, -0.05) is 49.3 Å². The molecule has 0 spiro atoms. The minimum absolute atomic E-state index is 0.0734. The topological polar surface area (TPSA) is 70.8 Å². The Hall–Kier alpha value is -1.73. The largest absolute Gasteiger partial charge is 0.390 e. The zero-order valence-corrected chi connectivity index (χ0v) is 17.9. The molecule has 0 unspecified atom stereocenters. The summed E-state index contributed by atoms with van der Waals surface area (Å²) in [4.78, 5) is 2.21. The van der Waals surface area contributed by atoms with Crippen molar-refractivity contribution in [1.29, 1.82) is 0 Å². The van der Waals surface area contributed by atoms with Gasteiger partial charge >= 0.3 is 0 Å². The van der Waals surface area contributed by atoms with E-state index in [1.165, 1.54) is 5.56 Å². The van der Waals surface area contributed by atoms with Crippen molar-refractivity contribution in [3.63, 3.8) is 0 Å². The van der Waals surface area contributed by atoms with Gasteiger partial charge in [-0.15, -0.1) is 0 Å². The van der Waals surface area contributed by atoms with Gasteiger partial charge in [0.1, 0.15) is 0 Å². The van der Waals surface area contributed by atoms with Crippen LogP contribution in [0.25, 0.3) is 0 Å². The Morgan fingerprint density at radius 2 is 2.00 bits per heavy atom. The lowest BCUT2D eigenvalue weighted by molar-refractivity contribution is -0.115. The van der Waals surface area contributed by atoms with Crippen LogP contribution < -0.4 is 5.32 Å². The molecule has 1 aliphatic heterocycles. The summed E-state index contributed by atoms with van der Waals surface area (Å²) in [5.41, 5.74) is 2.20. The smallest absolute Gasteiger partial charge is 0.150 e. The molecular weight excluding hydrogens is 366 g/mol. The van der Waals surface area contributed by atoms with E-state index < -0.39 is 6.10 Å². The van der Waals surface area contributed by atoms with Gasteiger partial charge in [0.2, 0.25) is 0 Å². The predicted octanol–water partition coefficient (Wildman–Crippen LogP) is 3.00. The molecule has 3 atom stereocenters. The molecule has 1 saturated heterocycles. The molecular formula is C23H35N3O3. The van der Waals surface area contributed by atoms with E-state index in [9.17, 15) is 5.11 Å². The lowest BCUT2D eigenvalue weighted by Gasteiger charge is -2.34. The van der Waals surface area contributed by atoms with E-state index in [0.29, 0.717) is 19.0 Å². The van der Waals surface area contributed by atoms with E-state index in [4.69, 9.17) is 9.26 Å². The zero-order valence-electron chi connectivity index (χ0n) is 17.9. The average molecular weight is 402 g/mol. The first-order chi connectivity index (χ1) is 14.0. The van der Waals surface area contributed by atoms with Crippen molar-refractivity contribution in [2.45, 2.75) is 64.5 Å². The normalized spacial score (nSPS) is 22.5. The van der Waals surface area contributed by atoms with Gasteiger partial charge in [0.15, 0.2) is 5.76 Å². The first-order valence-corrected chi connectivity index (χ1v) is 10.7. The molecule has 0 amide bonds. The highest BCUT2D eigenvalue weighted by Crippen LogP contribution is 2.23. The fraction of sp³-hybridized carbons (Fsp3) is 0.609. The van der Waals surface area contributed by atoms with Crippen LogP contribution in [0, 0.1) is 5.92 Å². The third kappa shape index (κ3) is 7.23. The Morgan fingerprint density at radius 3 is 2.76 bits per heavy atom. The molecule has 6 heteroatoms. The van der Waals surface area contributed by atoms with Gasteiger partial charge in [-0.05, 0) is 37.9 Å². The second-order valence-corrected chi connectivity index (χ2v) is 8.64. The minimum atomic E-state index is -0.398. The SMILES string of the molecule is CC(C)CNC[C@H]1O[C@H](Cc2cc(CN(C)Cc3ccccc3)on2)CC[C@@H]1O. The lowest BCUT2D eigenvalue weighted by Crippen LogP contribution is -2.46. The summed E-state index contributed by atoms with van der Waals surface area (Å²) in [6.07, 6.45) is 1.85. The summed E-state index contributed by atoms with van der Waals surface area (Å²) in [5.74, 6) is 1.45. The maximum Gasteiger partial charge on any atom is 0.150 e. The number of ether oxygens (including phenoxy) is 1. The van der Waals surface area contributed by atoms with Crippen molar-refractivity contribution in [1.82, 2.24) is 15.4 Å². The molecule has 3 rings (SSSR count). The van der Waals surface area contributed by atoms with Crippen molar-refractivity contribution in [2.75, 3.05) is 20.1 Å². The molecule has 1 fully saturated rings. The van der Waals surface area contributed by atoms with E-state index in [-0.39, 0.29) is 12.2 Å². The maximum atomic E-state index is 10.2. The van der Waals surface area contributed by atoms with Crippen LogP contribution in [0.1, 0.15) is 43.7 Å². The second-order valence-electron chi connectivity index (χ2n) is 8.64. The summed E-state index contributed by atoms with van der Waals surface area (Å²) >= 11 is 0. The van der Waals surface area contributed by atoms with Crippen molar-refractivity contribution < 1.29 is 14.4 Å². The molecule has 2 N–H and O–H groups in total. The van der Waals surface area contributed by atoms with Crippen LogP contribution >= 0.6 is 0 Å². The van der Waals surface area contributed by atoms with Gasteiger partial charge in [0.25, 0.3) is 0 Å². The van der Waals surface area contributed by atoms with Crippen LogP contribution in [-0.2, 0) is 24.2 Å². The molecule has 2 heterocycles. The second kappa shape index (κ2) is 10.9. The van der Waals surface area contributed by atoms with Gasteiger partial charge in [-0.3, -0.25) is 4.90 Å². The highest BCUT2D eigenvalue weighted by Gasteiger charge is 2.30. The lowest BCUT2D eigenvalue weighted by atomic mass is 9.98. The molecule has 1 aromatic heterocycles. The Labute approximate surface area is 174 Å². The first-order valence-electron chi connectivity index (χ1n) is 10.7. The van der Waals surface area contributed by atoms with Gasteiger partial charge in [-0.25, -0.2) is 0 Å². The van der Waals surface area contributed by atoms with Crippen LogP contribution in [0.5, 0.6) is 0 Å². The molecule has 6 nitrogen and oxygen atoms in total. The van der Waals surface area contributed by atoms with Crippen LogP contribution in [0.2, 0.25) is 0 Å². The molecule has 1 aromatic carbocycles. The number of rotatable bonds is 10. The third-order valence-corrected chi connectivity index (χ3v) is 5.24. The number of hydrogen-bond donors (Lipinski definition) is 2. The number of aromatic nitrogens is 1. The number of benzene rings is 1. The van der Waals surface area contributed by atoms with Crippen molar-refractivity contribution in [2.24, 2.45) is 5.92 Å². The summed E-state index contributed by atoms with van der Waals surface area (Å²) in [6.45, 7) is 7.55. The number of nitrogens with one attached hydrogen (secondary N) is 1. The fourth-order valence-electron chi connectivity index (χ4n) is 3.77. The Kier molecular flexibility index (Phi) is 8.24. The quantitative estimate of drug-likeness (QED) is 0.638. The summed E-state index contributed by atoms with van der Waals surface area (Å²) in [7, 11) is 2.08. The molecule has 1 aliphatic rings. The number of hydrogen-bond acceptors (Lipinski definition) is 6. The highest BCUT2D eigenvalue weighted by atomic mass is 16.5. The van der Waals surface area contributed by atoms with E-state index in [2.05, 4.69) is 60.5 Å². The number of nitrogens with zero attached hydrogens (tertiary/aromatic N) is 2. The minimum Gasteiger partial charge on any atom is -0.390 e.